The summed E-state index contributed by atoms with van der Waals surface area (Å²) in [5.41, 5.74) is 0. The number of unbranched alkanes of at least 4 members (excludes halogenated alkanes) is 1. The lowest BCUT2D eigenvalue weighted by molar-refractivity contribution is -0.324. The predicted molar refractivity (Wildman–Crippen MR) is 121 cm³/mol. The molecular weight excluding hydrogens is 399 g/mol. The van der Waals surface area contributed by atoms with E-state index in [4.69, 9.17) is 0 Å². The molecule has 0 unspecified atom stereocenters. The summed E-state index contributed by atoms with van der Waals surface area (Å²) in [6.45, 7) is 1.09. The fourth-order valence-electron chi connectivity index (χ4n) is 6.60. The van der Waals surface area contributed by atoms with Crippen molar-refractivity contribution >= 4 is 0 Å². The number of nitrogens with zero attached hydrogens (tertiary/aromatic N) is 1. The maximum absolute atomic E-state index is 12.1. The summed E-state index contributed by atoms with van der Waals surface area (Å²) < 4.78 is 40.4. The van der Waals surface area contributed by atoms with Gasteiger partial charge in [0.1, 0.15) is 0 Å². The molecule has 3 aliphatic carbocycles. The van der Waals surface area contributed by atoms with E-state index in [1.54, 1.807) is 0 Å². The fraction of sp³-hybridized carbons (Fsp3) is 1.00. The molecule has 0 atom stereocenters. The van der Waals surface area contributed by atoms with Crippen LogP contribution in [-0.4, -0.2) is 36.5 Å². The summed E-state index contributed by atoms with van der Waals surface area (Å²) in [6.07, 6.45) is 20.1. The van der Waals surface area contributed by atoms with E-state index in [1.165, 1.54) is 116 Å². The van der Waals surface area contributed by atoms with Crippen LogP contribution in [-0.2, 0) is 4.74 Å². The van der Waals surface area contributed by atoms with E-state index < -0.39 is 6.36 Å². The summed E-state index contributed by atoms with van der Waals surface area (Å²) in [5.74, 6) is 1.58. The average molecular weight is 446 g/mol. The standard InChI is InChI=1S/C26H46F3NO/c27-26(28,29)31-21-9-13-23-16-18-25(19-17-23)30(24-14-5-2-6-15-24)20-8-7-12-22-10-3-1-4-11-22/h22-25H,1-21H2. The first-order chi connectivity index (χ1) is 15.0. The molecule has 0 heterocycles. The molecule has 5 heteroatoms. The smallest absolute Gasteiger partial charge is 0.297 e. The second kappa shape index (κ2) is 13.4. The molecule has 0 aliphatic heterocycles. The zero-order valence-corrected chi connectivity index (χ0v) is 19.6. The van der Waals surface area contributed by atoms with E-state index in [2.05, 4.69) is 9.64 Å². The Balaban J connectivity index is 1.38. The molecule has 0 N–H and O–H groups in total. The van der Waals surface area contributed by atoms with Crippen molar-refractivity contribution in [2.45, 2.75) is 140 Å². The molecule has 0 saturated heterocycles. The van der Waals surface area contributed by atoms with E-state index in [-0.39, 0.29) is 6.61 Å². The summed E-state index contributed by atoms with van der Waals surface area (Å²) >= 11 is 0. The lowest BCUT2D eigenvalue weighted by atomic mass is 9.81. The first-order valence-corrected chi connectivity index (χ1v) is 13.5. The highest BCUT2D eigenvalue weighted by Crippen LogP contribution is 2.35. The van der Waals surface area contributed by atoms with Crippen LogP contribution in [0.3, 0.4) is 0 Å². The number of hydrogen-bond donors (Lipinski definition) is 0. The topological polar surface area (TPSA) is 12.5 Å². The monoisotopic (exact) mass is 445 g/mol. The fourth-order valence-corrected chi connectivity index (χ4v) is 6.60. The molecule has 3 rings (SSSR count). The van der Waals surface area contributed by atoms with Gasteiger partial charge in [-0.05, 0) is 76.2 Å². The Hall–Kier alpha value is -0.290. The van der Waals surface area contributed by atoms with Gasteiger partial charge in [-0.2, -0.15) is 0 Å². The van der Waals surface area contributed by atoms with Gasteiger partial charge in [-0.3, -0.25) is 9.64 Å². The minimum atomic E-state index is -4.48. The highest BCUT2D eigenvalue weighted by Gasteiger charge is 2.31. The molecule has 31 heavy (non-hydrogen) atoms. The maximum Gasteiger partial charge on any atom is 0.522 e. The van der Waals surface area contributed by atoms with Gasteiger partial charge >= 0.3 is 6.36 Å². The van der Waals surface area contributed by atoms with Crippen LogP contribution in [0.5, 0.6) is 0 Å². The summed E-state index contributed by atoms with van der Waals surface area (Å²) in [6, 6.07) is 1.49. The van der Waals surface area contributed by atoms with Gasteiger partial charge in [0.15, 0.2) is 0 Å². The van der Waals surface area contributed by atoms with Crippen molar-refractivity contribution in [3.8, 4) is 0 Å². The minimum Gasteiger partial charge on any atom is -0.297 e. The van der Waals surface area contributed by atoms with Crippen molar-refractivity contribution in [1.29, 1.82) is 0 Å². The number of hydrogen-bond acceptors (Lipinski definition) is 2. The third-order valence-electron chi connectivity index (χ3n) is 8.35. The molecule has 0 aromatic heterocycles. The predicted octanol–water partition coefficient (Wildman–Crippen LogP) is 8.25. The molecule has 3 saturated carbocycles. The van der Waals surface area contributed by atoms with Crippen LogP contribution in [0.15, 0.2) is 0 Å². The quantitative estimate of drug-likeness (QED) is 0.297. The highest BCUT2D eigenvalue weighted by molar-refractivity contribution is 4.85. The first kappa shape index (κ1) is 25.3. The molecule has 2 nitrogen and oxygen atoms in total. The van der Waals surface area contributed by atoms with E-state index in [0.717, 1.165) is 18.4 Å². The van der Waals surface area contributed by atoms with Crippen LogP contribution in [0.1, 0.15) is 122 Å². The molecular formula is C26H46F3NO. The second-order valence-electron chi connectivity index (χ2n) is 10.6. The third kappa shape index (κ3) is 9.61. The molecule has 182 valence electrons. The zero-order valence-electron chi connectivity index (χ0n) is 19.6. The first-order valence-electron chi connectivity index (χ1n) is 13.5. The third-order valence-corrected chi connectivity index (χ3v) is 8.35. The number of halogens is 3. The van der Waals surface area contributed by atoms with Crippen LogP contribution < -0.4 is 0 Å². The zero-order chi connectivity index (χ0) is 21.9. The van der Waals surface area contributed by atoms with E-state index >= 15 is 0 Å². The Morgan fingerprint density at radius 2 is 1.16 bits per heavy atom. The van der Waals surface area contributed by atoms with Crippen molar-refractivity contribution in [1.82, 2.24) is 4.90 Å². The molecule has 0 aromatic carbocycles. The minimum absolute atomic E-state index is 0.182. The molecule has 0 spiro atoms. The Morgan fingerprint density at radius 1 is 0.613 bits per heavy atom. The normalized spacial score (nSPS) is 27.1. The van der Waals surface area contributed by atoms with Crippen molar-refractivity contribution in [2.75, 3.05) is 13.2 Å². The van der Waals surface area contributed by atoms with Crippen molar-refractivity contribution in [2.24, 2.45) is 11.8 Å². The number of rotatable bonds is 11. The molecule has 3 aliphatic rings. The van der Waals surface area contributed by atoms with Gasteiger partial charge in [-0.25, -0.2) is 0 Å². The maximum atomic E-state index is 12.1. The number of alkyl halides is 3. The van der Waals surface area contributed by atoms with Crippen molar-refractivity contribution in [3.05, 3.63) is 0 Å². The van der Waals surface area contributed by atoms with Gasteiger partial charge in [0.25, 0.3) is 0 Å². The summed E-state index contributed by atoms with van der Waals surface area (Å²) in [4.78, 5) is 2.89. The van der Waals surface area contributed by atoms with Gasteiger partial charge in [0.2, 0.25) is 0 Å². The average Bonchev–Trinajstić information content (AvgIpc) is 2.78. The molecule has 0 aromatic rings. The SMILES string of the molecule is FC(F)(F)OCCCC1CCC(N(CCCCC2CCCCC2)C2CCCCC2)CC1. The van der Waals surface area contributed by atoms with Gasteiger partial charge in [-0.1, -0.05) is 64.2 Å². The van der Waals surface area contributed by atoms with Crippen molar-refractivity contribution in [3.63, 3.8) is 0 Å². The van der Waals surface area contributed by atoms with Crippen LogP contribution in [0.2, 0.25) is 0 Å². The lowest BCUT2D eigenvalue weighted by Crippen LogP contribution is -2.46. The Morgan fingerprint density at radius 3 is 1.81 bits per heavy atom. The Bertz CT molecular complexity index is 464. The largest absolute Gasteiger partial charge is 0.522 e. The van der Waals surface area contributed by atoms with Gasteiger partial charge in [0.05, 0.1) is 6.61 Å². The molecule has 0 radical (unpaired) electrons. The lowest BCUT2D eigenvalue weighted by Gasteiger charge is -2.43. The van der Waals surface area contributed by atoms with Crippen LogP contribution in [0.4, 0.5) is 13.2 Å². The van der Waals surface area contributed by atoms with Gasteiger partial charge < -0.3 is 0 Å². The number of ether oxygens (including phenoxy) is 1. The Kier molecular flexibility index (Phi) is 11.0. The Labute approximate surface area is 188 Å². The van der Waals surface area contributed by atoms with Crippen LogP contribution in [0.25, 0.3) is 0 Å². The van der Waals surface area contributed by atoms with E-state index in [1.807, 2.05) is 0 Å². The summed E-state index contributed by atoms with van der Waals surface area (Å²) in [5, 5.41) is 0. The second-order valence-corrected chi connectivity index (χ2v) is 10.6. The molecule has 0 amide bonds. The van der Waals surface area contributed by atoms with Gasteiger partial charge in [0, 0.05) is 12.1 Å². The molecule has 0 bridgehead atoms. The van der Waals surface area contributed by atoms with Gasteiger partial charge in [-0.15, -0.1) is 13.2 Å². The molecule has 3 fully saturated rings. The van der Waals surface area contributed by atoms with Crippen molar-refractivity contribution < 1.29 is 17.9 Å². The van der Waals surface area contributed by atoms with E-state index in [9.17, 15) is 13.2 Å². The summed E-state index contributed by atoms with van der Waals surface area (Å²) in [7, 11) is 0. The van der Waals surface area contributed by atoms with E-state index in [0.29, 0.717) is 18.4 Å². The highest BCUT2D eigenvalue weighted by atomic mass is 19.4. The van der Waals surface area contributed by atoms with Crippen LogP contribution in [0, 0.1) is 11.8 Å². The van der Waals surface area contributed by atoms with Crippen LogP contribution >= 0.6 is 0 Å².